The molecule has 0 radical (unpaired) electrons. The summed E-state index contributed by atoms with van der Waals surface area (Å²) in [5, 5.41) is 16.9. The maximum Gasteiger partial charge on any atom is 0.326 e. The standard InChI is InChI=1S/C14H11N5O2S/c20-10-1-2-11(16-7-10)18-14(21)19-12-8-22-13(17-12)9-3-5-15-6-4-9/h1-8,20H,(H2,16,18,19,21). The second-order valence-electron chi connectivity index (χ2n) is 4.25. The molecular formula is C14H11N5O2S. The maximum atomic E-state index is 11.8. The first kappa shape index (κ1) is 14.0. The van der Waals surface area contributed by atoms with E-state index in [1.165, 1.54) is 29.7 Å². The summed E-state index contributed by atoms with van der Waals surface area (Å²) in [6.45, 7) is 0. The Labute approximate surface area is 129 Å². The predicted octanol–water partition coefficient (Wildman–Crippen LogP) is 2.95. The minimum absolute atomic E-state index is 0.0347. The zero-order valence-electron chi connectivity index (χ0n) is 11.2. The number of urea groups is 1. The number of carbonyl (C=O) groups is 1. The van der Waals surface area contributed by atoms with Crippen molar-refractivity contribution in [2.75, 3.05) is 10.6 Å². The Morgan fingerprint density at radius 1 is 1.09 bits per heavy atom. The van der Waals surface area contributed by atoms with Crippen LogP contribution in [-0.4, -0.2) is 26.1 Å². The van der Waals surface area contributed by atoms with Crippen molar-refractivity contribution in [1.82, 2.24) is 15.0 Å². The number of hydrogen-bond acceptors (Lipinski definition) is 6. The molecular weight excluding hydrogens is 302 g/mol. The van der Waals surface area contributed by atoms with Crippen LogP contribution < -0.4 is 10.6 Å². The van der Waals surface area contributed by atoms with Gasteiger partial charge in [-0.15, -0.1) is 11.3 Å². The fourth-order valence-corrected chi connectivity index (χ4v) is 2.44. The molecule has 3 N–H and O–H groups in total. The van der Waals surface area contributed by atoms with Crippen LogP contribution >= 0.6 is 11.3 Å². The molecule has 0 spiro atoms. The van der Waals surface area contributed by atoms with Crippen molar-refractivity contribution in [1.29, 1.82) is 0 Å². The van der Waals surface area contributed by atoms with Gasteiger partial charge in [-0.1, -0.05) is 0 Å². The highest BCUT2D eigenvalue weighted by atomic mass is 32.1. The van der Waals surface area contributed by atoms with Gasteiger partial charge in [0.05, 0.1) is 6.20 Å². The molecule has 0 saturated carbocycles. The summed E-state index contributed by atoms with van der Waals surface area (Å²) in [6.07, 6.45) is 4.63. The summed E-state index contributed by atoms with van der Waals surface area (Å²) in [7, 11) is 0. The zero-order chi connectivity index (χ0) is 15.4. The van der Waals surface area contributed by atoms with E-state index in [0.29, 0.717) is 11.6 Å². The monoisotopic (exact) mass is 313 g/mol. The molecule has 3 rings (SSSR count). The summed E-state index contributed by atoms with van der Waals surface area (Å²) < 4.78 is 0. The summed E-state index contributed by atoms with van der Waals surface area (Å²) in [6, 6.07) is 6.18. The molecule has 3 aromatic heterocycles. The minimum Gasteiger partial charge on any atom is -0.506 e. The molecule has 7 nitrogen and oxygen atoms in total. The van der Waals surface area contributed by atoms with Crippen molar-refractivity contribution in [3.8, 4) is 16.3 Å². The highest BCUT2D eigenvalue weighted by Crippen LogP contribution is 2.25. The minimum atomic E-state index is -0.454. The van der Waals surface area contributed by atoms with Gasteiger partial charge in [-0.3, -0.25) is 15.6 Å². The molecule has 0 aromatic carbocycles. The fourth-order valence-electron chi connectivity index (χ4n) is 1.68. The van der Waals surface area contributed by atoms with E-state index in [0.717, 1.165) is 10.6 Å². The topological polar surface area (TPSA) is 100 Å². The van der Waals surface area contributed by atoms with Crippen LogP contribution in [0.25, 0.3) is 10.6 Å². The average Bonchev–Trinajstić information content (AvgIpc) is 2.99. The Morgan fingerprint density at radius 2 is 1.86 bits per heavy atom. The van der Waals surface area contributed by atoms with Crippen molar-refractivity contribution in [3.63, 3.8) is 0 Å². The predicted molar refractivity (Wildman–Crippen MR) is 83.9 cm³/mol. The van der Waals surface area contributed by atoms with Crippen LogP contribution in [0.5, 0.6) is 5.75 Å². The Kier molecular flexibility index (Phi) is 3.92. The van der Waals surface area contributed by atoms with Gasteiger partial charge in [0.1, 0.15) is 22.4 Å². The summed E-state index contributed by atoms with van der Waals surface area (Å²) >= 11 is 1.42. The largest absolute Gasteiger partial charge is 0.506 e. The van der Waals surface area contributed by atoms with Gasteiger partial charge < -0.3 is 5.11 Å². The van der Waals surface area contributed by atoms with Gasteiger partial charge in [-0.25, -0.2) is 14.8 Å². The van der Waals surface area contributed by atoms with Crippen LogP contribution in [0.15, 0.2) is 48.2 Å². The number of pyridine rings is 2. The third-order valence-corrected chi connectivity index (χ3v) is 3.55. The number of amides is 2. The van der Waals surface area contributed by atoms with E-state index in [-0.39, 0.29) is 5.75 Å². The number of rotatable bonds is 3. The van der Waals surface area contributed by atoms with Crippen LogP contribution in [0.2, 0.25) is 0 Å². The number of nitrogens with one attached hydrogen (secondary N) is 2. The average molecular weight is 313 g/mol. The lowest BCUT2D eigenvalue weighted by molar-refractivity contribution is 0.262. The number of aromatic nitrogens is 3. The molecule has 8 heteroatoms. The van der Waals surface area contributed by atoms with E-state index in [4.69, 9.17) is 5.11 Å². The third kappa shape index (κ3) is 3.36. The Morgan fingerprint density at radius 3 is 2.59 bits per heavy atom. The second kappa shape index (κ2) is 6.19. The zero-order valence-corrected chi connectivity index (χ0v) is 12.0. The van der Waals surface area contributed by atoms with E-state index >= 15 is 0 Å². The molecule has 22 heavy (non-hydrogen) atoms. The van der Waals surface area contributed by atoms with Crippen molar-refractivity contribution < 1.29 is 9.90 Å². The number of hydrogen-bond donors (Lipinski definition) is 3. The van der Waals surface area contributed by atoms with Crippen molar-refractivity contribution in [2.45, 2.75) is 0 Å². The first-order valence-corrected chi connectivity index (χ1v) is 7.17. The van der Waals surface area contributed by atoms with Crippen LogP contribution in [0.3, 0.4) is 0 Å². The highest BCUT2D eigenvalue weighted by Gasteiger charge is 2.08. The first-order valence-electron chi connectivity index (χ1n) is 6.30. The molecule has 0 aliphatic carbocycles. The Balaban J connectivity index is 1.65. The van der Waals surface area contributed by atoms with E-state index in [1.54, 1.807) is 17.8 Å². The molecule has 0 saturated heterocycles. The second-order valence-corrected chi connectivity index (χ2v) is 5.11. The van der Waals surface area contributed by atoms with Gasteiger partial charge in [-0.2, -0.15) is 0 Å². The van der Waals surface area contributed by atoms with E-state index in [2.05, 4.69) is 25.6 Å². The number of carbonyl (C=O) groups excluding carboxylic acids is 1. The van der Waals surface area contributed by atoms with Crippen molar-refractivity contribution in [2.24, 2.45) is 0 Å². The van der Waals surface area contributed by atoms with Crippen LogP contribution in [0.1, 0.15) is 0 Å². The molecule has 0 fully saturated rings. The summed E-state index contributed by atoms with van der Waals surface area (Å²) in [4.78, 5) is 24.0. The molecule has 0 bridgehead atoms. The van der Waals surface area contributed by atoms with Crippen LogP contribution in [-0.2, 0) is 0 Å². The molecule has 0 aliphatic heterocycles. The summed E-state index contributed by atoms with van der Waals surface area (Å²) in [5.74, 6) is 0.820. The Hall–Kier alpha value is -3.00. The van der Waals surface area contributed by atoms with Crippen molar-refractivity contribution >= 4 is 29.0 Å². The molecule has 2 amide bonds. The van der Waals surface area contributed by atoms with Crippen LogP contribution in [0.4, 0.5) is 16.4 Å². The first-order chi connectivity index (χ1) is 10.7. The number of anilines is 2. The molecule has 3 aromatic rings. The van der Waals surface area contributed by atoms with Gasteiger partial charge in [-0.05, 0) is 24.3 Å². The smallest absolute Gasteiger partial charge is 0.326 e. The Bertz CT molecular complexity index is 773. The van der Waals surface area contributed by atoms with Gasteiger partial charge >= 0.3 is 6.03 Å². The number of thiazole rings is 1. The summed E-state index contributed by atoms with van der Waals surface area (Å²) in [5.41, 5.74) is 0.939. The van der Waals surface area contributed by atoms with E-state index < -0.39 is 6.03 Å². The van der Waals surface area contributed by atoms with E-state index in [9.17, 15) is 4.79 Å². The van der Waals surface area contributed by atoms with Gasteiger partial charge in [0, 0.05) is 23.3 Å². The quantitative estimate of drug-likeness (QED) is 0.690. The molecule has 0 atom stereocenters. The van der Waals surface area contributed by atoms with Gasteiger partial charge in [0.15, 0.2) is 0 Å². The third-order valence-electron chi connectivity index (χ3n) is 2.66. The fraction of sp³-hybridized carbons (Fsp3) is 0. The highest BCUT2D eigenvalue weighted by molar-refractivity contribution is 7.13. The lowest BCUT2D eigenvalue weighted by Crippen LogP contribution is -2.20. The molecule has 3 heterocycles. The van der Waals surface area contributed by atoms with Gasteiger partial charge in [0.25, 0.3) is 0 Å². The van der Waals surface area contributed by atoms with Crippen LogP contribution in [0, 0.1) is 0 Å². The normalized spacial score (nSPS) is 10.2. The molecule has 110 valence electrons. The lowest BCUT2D eigenvalue weighted by atomic mass is 10.3. The number of nitrogens with zero attached hydrogens (tertiary/aromatic N) is 3. The molecule has 0 unspecified atom stereocenters. The van der Waals surface area contributed by atoms with Gasteiger partial charge in [0.2, 0.25) is 0 Å². The molecule has 0 aliphatic rings. The SMILES string of the molecule is O=C(Nc1ccc(O)cn1)Nc1csc(-c2ccncc2)n1. The maximum absolute atomic E-state index is 11.8. The van der Waals surface area contributed by atoms with Crippen molar-refractivity contribution in [3.05, 3.63) is 48.2 Å². The number of aromatic hydroxyl groups is 1. The lowest BCUT2D eigenvalue weighted by Gasteiger charge is -2.04. The van der Waals surface area contributed by atoms with E-state index in [1.807, 2.05) is 12.1 Å².